The fraction of sp³-hybridized carbons (Fsp3) is 0.263. The minimum absolute atomic E-state index is 0.104. The summed E-state index contributed by atoms with van der Waals surface area (Å²) in [4.78, 5) is 2.26. The maximum Gasteiger partial charge on any atom is 0.132 e. The summed E-state index contributed by atoms with van der Waals surface area (Å²) >= 11 is 1.68. The van der Waals surface area contributed by atoms with E-state index in [2.05, 4.69) is 30.4 Å². The molecule has 0 aromatic heterocycles. The summed E-state index contributed by atoms with van der Waals surface area (Å²) in [5, 5.41) is 3.34. The molecule has 23 heavy (non-hydrogen) atoms. The Bertz CT molecular complexity index is 787. The number of benzene rings is 2. The highest BCUT2D eigenvalue weighted by Crippen LogP contribution is 2.49. The van der Waals surface area contributed by atoms with Crippen molar-refractivity contribution in [2.24, 2.45) is 0 Å². The van der Waals surface area contributed by atoms with Gasteiger partial charge in [-0.3, -0.25) is 0 Å². The molecule has 0 bridgehead atoms. The van der Waals surface area contributed by atoms with E-state index in [0.717, 1.165) is 35.7 Å². The van der Waals surface area contributed by atoms with Gasteiger partial charge in [-0.05, 0) is 36.4 Å². The van der Waals surface area contributed by atoms with Gasteiger partial charge in [0.05, 0.1) is 0 Å². The Morgan fingerprint density at radius 2 is 2.00 bits per heavy atom. The molecule has 2 aliphatic rings. The number of ether oxygens (including phenoxy) is 1. The molecule has 1 N–H and O–H groups in total. The molecule has 4 rings (SSSR count). The van der Waals surface area contributed by atoms with Gasteiger partial charge in [0, 0.05) is 33.9 Å². The standard InChI is InChI=1S/C19H18FNOS/c1-2-21-11-13-10-15-14-5-3-4-6-17(14)23-18-8-7-12(20)9-16(18)19(15)22-13/h3-9,13,21H,2,10-11H2,1H3. The normalized spacial score (nSPS) is 18.8. The minimum Gasteiger partial charge on any atom is -0.488 e. The molecule has 0 aliphatic carbocycles. The largest absolute Gasteiger partial charge is 0.488 e. The summed E-state index contributed by atoms with van der Waals surface area (Å²) in [6.07, 6.45) is 0.961. The second-order valence-electron chi connectivity index (χ2n) is 5.80. The van der Waals surface area contributed by atoms with Crippen molar-refractivity contribution in [3.8, 4) is 0 Å². The van der Waals surface area contributed by atoms with E-state index in [0.29, 0.717) is 0 Å². The number of rotatable bonds is 3. The summed E-state index contributed by atoms with van der Waals surface area (Å²) in [6, 6.07) is 13.3. The fourth-order valence-electron chi connectivity index (χ4n) is 3.17. The summed E-state index contributed by atoms with van der Waals surface area (Å²) in [7, 11) is 0. The van der Waals surface area contributed by atoms with Gasteiger partial charge in [0.1, 0.15) is 17.7 Å². The second-order valence-corrected chi connectivity index (χ2v) is 6.88. The SMILES string of the molecule is CCNCC1CC2=C(O1)c1cc(F)ccc1Sc1ccccc12. The Hall–Kier alpha value is -1.78. The highest BCUT2D eigenvalue weighted by Gasteiger charge is 2.32. The first-order valence-electron chi connectivity index (χ1n) is 7.94. The molecule has 1 unspecified atom stereocenters. The van der Waals surface area contributed by atoms with Crippen molar-refractivity contribution in [3.63, 3.8) is 0 Å². The number of nitrogens with one attached hydrogen (secondary N) is 1. The van der Waals surface area contributed by atoms with E-state index < -0.39 is 0 Å². The molecule has 2 aromatic rings. The van der Waals surface area contributed by atoms with E-state index in [9.17, 15) is 4.39 Å². The number of likely N-dealkylation sites (N-methyl/N-ethyl adjacent to an activating group) is 1. The van der Waals surface area contributed by atoms with E-state index in [-0.39, 0.29) is 11.9 Å². The molecule has 0 saturated carbocycles. The first-order valence-corrected chi connectivity index (χ1v) is 8.75. The van der Waals surface area contributed by atoms with Crippen molar-refractivity contribution in [1.82, 2.24) is 5.32 Å². The zero-order chi connectivity index (χ0) is 15.8. The van der Waals surface area contributed by atoms with E-state index in [1.165, 1.54) is 22.1 Å². The molecule has 2 aliphatic heterocycles. The Kier molecular flexibility index (Phi) is 3.87. The van der Waals surface area contributed by atoms with Crippen LogP contribution >= 0.6 is 11.8 Å². The van der Waals surface area contributed by atoms with Crippen LogP contribution in [0.4, 0.5) is 4.39 Å². The van der Waals surface area contributed by atoms with Crippen LogP contribution in [-0.2, 0) is 4.74 Å². The van der Waals surface area contributed by atoms with Crippen molar-refractivity contribution >= 4 is 23.1 Å². The summed E-state index contributed by atoms with van der Waals surface area (Å²) in [5.41, 5.74) is 3.28. The third kappa shape index (κ3) is 2.66. The van der Waals surface area contributed by atoms with Gasteiger partial charge in [-0.15, -0.1) is 0 Å². The smallest absolute Gasteiger partial charge is 0.132 e. The third-order valence-electron chi connectivity index (χ3n) is 4.23. The van der Waals surface area contributed by atoms with Crippen LogP contribution in [-0.4, -0.2) is 19.2 Å². The van der Waals surface area contributed by atoms with Gasteiger partial charge in [-0.25, -0.2) is 4.39 Å². The van der Waals surface area contributed by atoms with Crippen molar-refractivity contribution in [2.75, 3.05) is 13.1 Å². The summed E-state index contributed by atoms with van der Waals surface area (Å²) in [6.45, 7) is 3.82. The fourth-order valence-corrected chi connectivity index (χ4v) is 4.25. The van der Waals surface area contributed by atoms with Gasteiger partial charge in [0.25, 0.3) is 0 Å². The second kappa shape index (κ2) is 6.02. The first kappa shape index (κ1) is 14.8. The summed E-state index contributed by atoms with van der Waals surface area (Å²) < 4.78 is 20.0. The molecule has 0 saturated heterocycles. The van der Waals surface area contributed by atoms with Crippen molar-refractivity contribution in [2.45, 2.75) is 29.2 Å². The lowest BCUT2D eigenvalue weighted by molar-refractivity contribution is 0.188. The molecule has 2 aromatic carbocycles. The van der Waals surface area contributed by atoms with Gasteiger partial charge in [-0.1, -0.05) is 36.9 Å². The Morgan fingerprint density at radius 3 is 2.87 bits per heavy atom. The van der Waals surface area contributed by atoms with Gasteiger partial charge in [-0.2, -0.15) is 0 Å². The van der Waals surface area contributed by atoms with E-state index in [1.54, 1.807) is 17.8 Å². The lowest BCUT2D eigenvalue weighted by atomic mass is 9.98. The lowest BCUT2D eigenvalue weighted by Gasteiger charge is -2.15. The molecule has 118 valence electrons. The van der Waals surface area contributed by atoms with Gasteiger partial charge < -0.3 is 10.1 Å². The summed E-state index contributed by atoms with van der Waals surface area (Å²) in [5.74, 6) is 0.626. The first-order chi connectivity index (χ1) is 11.3. The Morgan fingerprint density at radius 1 is 1.17 bits per heavy atom. The maximum absolute atomic E-state index is 13.8. The molecule has 2 heterocycles. The highest BCUT2D eigenvalue weighted by molar-refractivity contribution is 7.99. The average Bonchev–Trinajstić information content (AvgIpc) is 2.94. The number of fused-ring (bicyclic) bond motifs is 4. The molecule has 0 spiro atoms. The van der Waals surface area contributed by atoms with Crippen LogP contribution in [0.2, 0.25) is 0 Å². The molecule has 2 nitrogen and oxygen atoms in total. The Labute approximate surface area is 139 Å². The van der Waals surface area contributed by atoms with Crippen LogP contribution < -0.4 is 5.32 Å². The Balaban J connectivity index is 1.83. The molecular weight excluding hydrogens is 309 g/mol. The van der Waals surface area contributed by atoms with E-state index in [4.69, 9.17) is 4.74 Å². The van der Waals surface area contributed by atoms with Crippen LogP contribution in [0, 0.1) is 5.82 Å². The zero-order valence-corrected chi connectivity index (χ0v) is 13.8. The van der Waals surface area contributed by atoms with Crippen LogP contribution in [0.5, 0.6) is 0 Å². The van der Waals surface area contributed by atoms with Gasteiger partial charge in [0.2, 0.25) is 0 Å². The number of halogens is 1. The highest BCUT2D eigenvalue weighted by atomic mass is 32.2. The van der Waals surface area contributed by atoms with Crippen LogP contribution in [0.1, 0.15) is 24.5 Å². The van der Waals surface area contributed by atoms with Crippen LogP contribution in [0.3, 0.4) is 0 Å². The predicted octanol–water partition coefficient (Wildman–Crippen LogP) is 4.56. The van der Waals surface area contributed by atoms with E-state index in [1.807, 2.05) is 12.1 Å². The minimum atomic E-state index is -0.221. The zero-order valence-electron chi connectivity index (χ0n) is 12.9. The van der Waals surface area contributed by atoms with Gasteiger partial charge >= 0.3 is 0 Å². The maximum atomic E-state index is 13.8. The number of hydrogen-bond donors (Lipinski definition) is 1. The molecule has 1 atom stereocenters. The van der Waals surface area contributed by atoms with E-state index >= 15 is 0 Å². The van der Waals surface area contributed by atoms with Crippen molar-refractivity contribution < 1.29 is 9.13 Å². The monoisotopic (exact) mass is 327 g/mol. The molecular formula is C19H18FNOS. The van der Waals surface area contributed by atoms with Crippen LogP contribution in [0.15, 0.2) is 52.3 Å². The predicted molar refractivity (Wildman–Crippen MR) is 91.8 cm³/mol. The average molecular weight is 327 g/mol. The van der Waals surface area contributed by atoms with Crippen molar-refractivity contribution in [1.29, 1.82) is 0 Å². The molecule has 0 fully saturated rings. The van der Waals surface area contributed by atoms with Crippen molar-refractivity contribution in [3.05, 3.63) is 59.4 Å². The molecule has 4 heteroatoms. The lowest BCUT2D eigenvalue weighted by Crippen LogP contribution is -2.26. The number of hydrogen-bond acceptors (Lipinski definition) is 3. The van der Waals surface area contributed by atoms with Gasteiger partial charge in [0.15, 0.2) is 0 Å². The van der Waals surface area contributed by atoms with Crippen LogP contribution in [0.25, 0.3) is 11.3 Å². The quantitative estimate of drug-likeness (QED) is 0.893. The third-order valence-corrected chi connectivity index (χ3v) is 5.38. The molecule has 0 amide bonds. The molecule has 0 radical (unpaired) electrons. The topological polar surface area (TPSA) is 21.3 Å².